The Kier molecular flexibility index (Phi) is 3.33. The number of amides is 1. The summed E-state index contributed by atoms with van der Waals surface area (Å²) in [5, 5.41) is 9.90. The summed E-state index contributed by atoms with van der Waals surface area (Å²) in [6, 6.07) is 12.9. The molecule has 0 spiro atoms. The zero-order valence-corrected chi connectivity index (χ0v) is 10.2. The molecule has 0 aromatic heterocycles. The maximum Gasteiger partial charge on any atom is 0.221 e. The van der Waals surface area contributed by atoms with Gasteiger partial charge in [-0.15, -0.1) is 0 Å². The van der Waals surface area contributed by atoms with Crippen molar-refractivity contribution in [2.24, 2.45) is 5.73 Å². The minimum Gasteiger partial charge on any atom is -0.507 e. The standard InChI is InChI=1S/C15H15NO2/c1-10-3-2-4-12(7-10)13-8-11(9-15(16)18)5-6-14(13)17/h2-8,17H,9H2,1H3,(H2,16,18). The molecular weight excluding hydrogens is 226 g/mol. The minimum atomic E-state index is -0.379. The predicted molar refractivity (Wildman–Crippen MR) is 71.2 cm³/mol. The summed E-state index contributed by atoms with van der Waals surface area (Å²) < 4.78 is 0. The summed E-state index contributed by atoms with van der Waals surface area (Å²) in [6.07, 6.45) is 0.180. The summed E-state index contributed by atoms with van der Waals surface area (Å²) in [5.74, 6) is -0.176. The fraction of sp³-hybridized carbons (Fsp3) is 0.133. The molecule has 0 radical (unpaired) electrons. The molecule has 0 saturated heterocycles. The van der Waals surface area contributed by atoms with Crippen LogP contribution in [-0.4, -0.2) is 11.0 Å². The molecule has 18 heavy (non-hydrogen) atoms. The van der Waals surface area contributed by atoms with Gasteiger partial charge in [0.2, 0.25) is 5.91 Å². The molecule has 0 heterocycles. The van der Waals surface area contributed by atoms with Gasteiger partial charge < -0.3 is 10.8 Å². The minimum absolute atomic E-state index is 0.180. The van der Waals surface area contributed by atoms with Crippen molar-refractivity contribution in [1.82, 2.24) is 0 Å². The molecule has 3 heteroatoms. The second-order valence-electron chi connectivity index (χ2n) is 4.36. The maximum atomic E-state index is 10.9. The van der Waals surface area contributed by atoms with Crippen molar-refractivity contribution in [2.45, 2.75) is 13.3 Å². The Hall–Kier alpha value is -2.29. The summed E-state index contributed by atoms with van der Waals surface area (Å²) in [6.45, 7) is 1.99. The van der Waals surface area contributed by atoms with Gasteiger partial charge in [0.05, 0.1) is 6.42 Å². The van der Waals surface area contributed by atoms with E-state index in [1.165, 1.54) is 0 Å². The summed E-state index contributed by atoms with van der Waals surface area (Å²) in [4.78, 5) is 10.9. The number of carbonyl (C=O) groups excluding carboxylic acids is 1. The molecule has 2 rings (SSSR count). The zero-order chi connectivity index (χ0) is 13.1. The van der Waals surface area contributed by atoms with Crippen LogP contribution in [0.5, 0.6) is 5.75 Å². The lowest BCUT2D eigenvalue weighted by Gasteiger charge is -2.08. The smallest absolute Gasteiger partial charge is 0.221 e. The van der Waals surface area contributed by atoms with Gasteiger partial charge in [-0.2, -0.15) is 0 Å². The van der Waals surface area contributed by atoms with Crippen molar-refractivity contribution in [3.05, 3.63) is 53.6 Å². The van der Waals surface area contributed by atoms with E-state index in [0.29, 0.717) is 0 Å². The number of aryl methyl sites for hydroxylation is 1. The summed E-state index contributed by atoms with van der Waals surface area (Å²) in [5.41, 5.74) is 8.74. The largest absolute Gasteiger partial charge is 0.507 e. The molecule has 0 fully saturated rings. The Morgan fingerprint density at radius 1 is 1.22 bits per heavy atom. The number of phenols is 1. The number of carbonyl (C=O) groups is 1. The van der Waals surface area contributed by atoms with Crippen LogP contribution in [0.1, 0.15) is 11.1 Å². The lowest BCUT2D eigenvalue weighted by Crippen LogP contribution is -2.13. The number of benzene rings is 2. The number of rotatable bonds is 3. The number of hydrogen-bond acceptors (Lipinski definition) is 2. The zero-order valence-electron chi connectivity index (χ0n) is 10.2. The van der Waals surface area contributed by atoms with Gasteiger partial charge in [-0.25, -0.2) is 0 Å². The van der Waals surface area contributed by atoms with Gasteiger partial charge in [0.25, 0.3) is 0 Å². The molecule has 0 aliphatic carbocycles. The maximum absolute atomic E-state index is 10.9. The molecule has 2 aromatic rings. The first-order valence-electron chi connectivity index (χ1n) is 5.73. The van der Waals surface area contributed by atoms with Crippen molar-refractivity contribution in [3.63, 3.8) is 0 Å². The topological polar surface area (TPSA) is 63.3 Å². The molecule has 0 unspecified atom stereocenters. The summed E-state index contributed by atoms with van der Waals surface area (Å²) in [7, 11) is 0. The normalized spacial score (nSPS) is 10.3. The fourth-order valence-corrected chi connectivity index (χ4v) is 1.94. The molecule has 0 bridgehead atoms. The Balaban J connectivity index is 2.46. The highest BCUT2D eigenvalue weighted by atomic mass is 16.3. The second-order valence-corrected chi connectivity index (χ2v) is 4.36. The van der Waals surface area contributed by atoms with Crippen LogP contribution < -0.4 is 5.73 Å². The van der Waals surface area contributed by atoms with Crippen molar-refractivity contribution >= 4 is 5.91 Å². The van der Waals surface area contributed by atoms with E-state index in [1.807, 2.05) is 31.2 Å². The van der Waals surface area contributed by atoms with E-state index in [9.17, 15) is 9.90 Å². The number of phenolic OH excluding ortho intramolecular Hbond substituents is 1. The van der Waals surface area contributed by atoms with Crippen LogP contribution in [0.3, 0.4) is 0 Å². The van der Waals surface area contributed by atoms with Crippen molar-refractivity contribution in [2.75, 3.05) is 0 Å². The van der Waals surface area contributed by atoms with Gasteiger partial charge in [-0.1, -0.05) is 35.9 Å². The highest BCUT2D eigenvalue weighted by Crippen LogP contribution is 2.30. The number of primary amides is 1. The molecule has 0 saturated carbocycles. The van der Waals surface area contributed by atoms with Gasteiger partial charge in [-0.3, -0.25) is 4.79 Å². The molecule has 3 nitrogen and oxygen atoms in total. The van der Waals surface area contributed by atoms with Crippen LogP contribution in [0.25, 0.3) is 11.1 Å². The molecular formula is C15H15NO2. The van der Waals surface area contributed by atoms with Crippen molar-refractivity contribution < 1.29 is 9.90 Å². The monoisotopic (exact) mass is 241 g/mol. The van der Waals surface area contributed by atoms with E-state index in [1.54, 1.807) is 18.2 Å². The van der Waals surface area contributed by atoms with Gasteiger partial charge in [0.15, 0.2) is 0 Å². The van der Waals surface area contributed by atoms with Crippen LogP contribution in [0, 0.1) is 6.92 Å². The third kappa shape index (κ3) is 2.69. The lowest BCUT2D eigenvalue weighted by atomic mass is 9.99. The average Bonchev–Trinajstić information content (AvgIpc) is 2.31. The van der Waals surface area contributed by atoms with Crippen LogP contribution in [-0.2, 0) is 11.2 Å². The van der Waals surface area contributed by atoms with E-state index in [2.05, 4.69) is 0 Å². The van der Waals surface area contributed by atoms with E-state index in [0.717, 1.165) is 22.3 Å². The van der Waals surface area contributed by atoms with Crippen LogP contribution in [0.15, 0.2) is 42.5 Å². The third-order valence-corrected chi connectivity index (χ3v) is 2.77. The molecule has 1 amide bonds. The first kappa shape index (κ1) is 12.2. The van der Waals surface area contributed by atoms with Crippen LogP contribution in [0.2, 0.25) is 0 Å². The van der Waals surface area contributed by atoms with Crippen LogP contribution in [0.4, 0.5) is 0 Å². The average molecular weight is 241 g/mol. The number of nitrogens with two attached hydrogens (primary N) is 1. The number of hydrogen-bond donors (Lipinski definition) is 2. The van der Waals surface area contributed by atoms with Gasteiger partial charge >= 0.3 is 0 Å². The first-order valence-corrected chi connectivity index (χ1v) is 5.73. The van der Waals surface area contributed by atoms with Gasteiger partial charge in [-0.05, 0) is 30.2 Å². The van der Waals surface area contributed by atoms with E-state index in [-0.39, 0.29) is 18.1 Å². The Bertz CT molecular complexity index is 591. The van der Waals surface area contributed by atoms with Gasteiger partial charge in [0.1, 0.15) is 5.75 Å². The summed E-state index contributed by atoms with van der Waals surface area (Å²) >= 11 is 0. The molecule has 0 aliphatic heterocycles. The third-order valence-electron chi connectivity index (χ3n) is 2.77. The highest BCUT2D eigenvalue weighted by Gasteiger charge is 2.07. The SMILES string of the molecule is Cc1cccc(-c2cc(CC(N)=O)ccc2O)c1. The van der Waals surface area contributed by atoms with E-state index < -0.39 is 0 Å². The highest BCUT2D eigenvalue weighted by molar-refractivity contribution is 5.78. The van der Waals surface area contributed by atoms with Crippen LogP contribution >= 0.6 is 0 Å². The number of aromatic hydroxyl groups is 1. The Morgan fingerprint density at radius 2 is 2.00 bits per heavy atom. The van der Waals surface area contributed by atoms with Crippen molar-refractivity contribution in [1.29, 1.82) is 0 Å². The Morgan fingerprint density at radius 3 is 2.67 bits per heavy atom. The predicted octanol–water partition coefficient (Wildman–Crippen LogP) is 2.40. The molecule has 2 aromatic carbocycles. The van der Waals surface area contributed by atoms with E-state index >= 15 is 0 Å². The molecule has 3 N–H and O–H groups in total. The van der Waals surface area contributed by atoms with E-state index in [4.69, 9.17) is 5.73 Å². The Labute approximate surface area is 106 Å². The quantitative estimate of drug-likeness (QED) is 0.866. The fourth-order valence-electron chi connectivity index (χ4n) is 1.94. The molecule has 0 aliphatic rings. The van der Waals surface area contributed by atoms with Crippen molar-refractivity contribution in [3.8, 4) is 16.9 Å². The molecule has 92 valence electrons. The lowest BCUT2D eigenvalue weighted by molar-refractivity contribution is -0.117. The second kappa shape index (κ2) is 4.92. The first-order chi connectivity index (χ1) is 8.56. The molecule has 0 atom stereocenters. The van der Waals surface area contributed by atoms with Gasteiger partial charge in [0, 0.05) is 5.56 Å².